The molecule has 1 nitrogen and oxygen atoms in total. The summed E-state index contributed by atoms with van der Waals surface area (Å²) in [5.74, 6) is 0. The highest BCUT2D eigenvalue weighted by molar-refractivity contribution is 9.09. The van der Waals surface area contributed by atoms with Gasteiger partial charge in [0.15, 0.2) is 0 Å². The van der Waals surface area contributed by atoms with Gasteiger partial charge in [0, 0.05) is 6.61 Å². The Labute approximate surface area is 56.1 Å². The Balaban J connectivity index is 2.33. The molecule has 1 fully saturated rings. The van der Waals surface area contributed by atoms with Crippen molar-refractivity contribution in [3.05, 3.63) is 0 Å². The smallest absolute Gasteiger partial charge is 0.128 e. The molecule has 0 radical (unpaired) electrons. The first-order chi connectivity index (χ1) is 3.30. The van der Waals surface area contributed by atoms with Gasteiger partial charge in [-0.15, -0.1) is 11.6 Å². The van der Waals surface area contributed by atoms with Gasteiger partial charge in [-0.3, -0.25) is 0 Å². The lowest BCUT2D eigenvalue weighted by molar-refractivity contribution is 0.179. The van der Waals surface area contributed by atoms with Crippen LogP contribution < -0.4 is 0 Å². The van der Waals surface area contributed by atoms with Crippen molar-refractivity contribution >= 4 is 27.5 Å². The number of halogens is 2. The van der Waals surface area contributed by atoms with Gasteiger partial charge in [0.25, 0.3) is 0 Å². The largest absolute Gasteiger partial charge is 0.365 e. The van der Waals surface area contributed by atoms with E-state index in [1.807, 2.05) is 0 Å². The second-order valence-corrected chi connectivity index (χ2v) is 2.99. The zero-order valence-electron chi connectivity index (χ0n) is 3.73. The number of hydrogen-bond acceptors (Lipinski definition) is 1. The van der Waals surface area contributed by atoms with Crippen molar-refractivity contribution in [1.29, 1.82) is 0 Å². The fourth-order valence-corrected chi connectivity index (χ4v) is 1.14. The summed E-state index contributed by atoms with van der Waals surface area (Å²) in [7, 11) is 0. The van der Waals surface area contributed by atoms with Crippen molar-refractivity contribution in [1.82, 2.24) is 0 Å². The minimum Gasteiger partial charge on any atom is -0.365 e. The van der Waals surface area contributed by atoms with Crippen LogP contribution in [0.5, 0.6) is 0 Å². The molecule has 1 aliphatic rings. The normalized spacial score (nSPS) is 42.0. The summed E-state index contributed by atoms with van der Waals surface area (Å²) in [4.78, 5) is 0. The van der Waals surface area contributed by atoms with E-state index in [4.69, 9.17) is 16.3 Å². The Bertz CT molecular complexity index is 60.7. The van der Waals surface area contributed by atoms with E-state index in [2.05, 4.69) is 15.9 Å². The van der Waals surface area contributed by atoms with Crippen LogP contribution >= 0.6 is 27.5 Å². The van der Waals surface area contributed by atoms with Crippen LogP contribution in [0.4, 0.5) is 0 Å². The molecule has 2 atom stereocenters. The van der Waals surface area contributed by atoms with Gasteiger partial charge < -0.3 is 4.74 Å². The van der Waals surface area contributed by atoms with Gasteiger partial charge in [-0.1, -0.05) is 15.9 Å². The maximum absolute atomic E-state index is 5.69. The van der Waals surface area contributed by atoms with E-state index in [0.717, 1.165) is 13.0 Å². The molecule has 2 unspecified atom stereocenters. The summed E-state index contributed by atoms with van der Waals surface area (Å²) >= 11 is 8.94. The van der Waals surface area contributed by atoms with Gasteiger partial charge in [-0.05, 0) is 6.42 Å². The lowest BCUT2D eigenvalue weighted by Gasteiger charge is -1.99. The monoisotopic (exact) mass is 184 g/mol. The molecular formula is C4H6BrClO. The van der Waals surface area contributed by atoms with E-state index in [9.17, 15) is 0 Å². The summed E-state index contributed by atoms with van der Waals surface area (Å²) < 4.78 is 5.05. The van der Waals surface area contributed by atoms with Crippen molar-refractivity contribution < 1.29 is 4.74 Å². The minimum absolute atomic E-state index is 0.0918. The molecule has 7 heavy (non-hydrogen) atoms. The quantitative estimate of drug-likeness (QED) is 0.522. The summed E-state index contributed by atoms with van der Waals surface area (Å²) in [6.07, 6.45) is 0.970. The second kappa shape index (κ2) is 2.33. The van der Waals surface area contributed by atoms with Gasteiger partial charge >= 0.3 is 0 Å². The Hall–Kier alpha value is 0.730. The first kappa shape index (κ1) is 5.86. The molecule has 42 valence electrons. The van der Waals surface area contributed by atoms with Gasteiger partial charge in [-0.2, -0.15) is 0 Å². The molecule has 0 saturated carbocycles. The molecule has 0 N–H and O–H groups in total. The maximum Gasteiger partial charge on any atom is 0.128 e. The van der Waals surface area contributed by atoms with Crippen LogP contribution in [0.2, 0.25) is 0 Å². The Morgan fingerprint density at radius 2 is 2.43 bits per heavy atom. The first-order valence-corrected chi connectivity index (χ1v) is 3.55. The van der Waals surface area contributed by atoms with Gasteiger partial charge in [0.2, 0.25) is 0 Å². The molecule has 0 aliphatic carbocycles. The Kier molecular flexibility index (Phi) is 1.95. The fourth-order valence-electron chi connectivity index (χ4n) is 0.529. The average molecular weight is 185 g/mol. The zero-order valence-corrected chi connectivity index (χ0v) is 6.08. The number of alkyl halides is 2. The van der Waals surface area contributed by atoms with Crippen LogP contribution in [-0.2, 0) is 4.74 Å². The standard InChI is InChI=1S/C4H6BrClO/c5-4-3(6)1-2-7-4/h3-4H,1-2H2. The zero-order chi connectivity index (χ0) is 5.28. The summed E-state index contributed by atoms with van der Waals surface area (Å²) in [6, 6.07) is 0. The second-order valence-electron chi connectivity index (χ2n) is 1.53. The van der Waals surface area contributed by atoms with Crippen LogP contribution in [0.25, 0.3) is 0 Å². The third kappa shape index (κ3) is 1.31. The molecule has 0 amide bonds. The van der Waals surface area contributed by atoms with Crippen LogP contribution in [0.3, 0.4) is 0 Å². The number of rotatable bonds is 0. The molecule has 0 bridgehead atoms. The van der Waals surface area contributed by atoms with Crippen LogP contribution in [0, 0.1) is 0 Å². The van der Waals surface area contributed by atoms with Gasteiger partial charge in [-0.25, -0.2) is 0 Å². The highest BCUT2D eigenvalue weighted by atomic mass is 79.9. The van der Waals surface area contributed by atoms with Crippen LogP contribution in [0.15, 0.2) is 0 Å². The van der Waals surface area contributed by atoms with Crippen molar-refractivity contribution in [2.45, 2.75) is 16.8 Å². The highest BCUT2D eigenvalue weighted by Gasteiger charge is 2.22. The topological polar surface area (TPSA) is 9.23 Å². The Morgan fingerprint density at radius 3 is 2.57 bits per heavy atom. The number of hydrogen-bond donors (Lipinski definition) is 0. The fraction of sp³-hybridized carbons (Fsp3) is 1.00. The van der Waals surface area contributed by atoms with E-state index in [1.165, 1.54) is 0 Å². The average Bonchev–Trinajstić information content (AvgIpc) is 1.91. The molecule has 1 rings (SSSR count). The molecular weight excluding hydrogens is 179 g/mol. The molecule has 3 heteroatoms. The molecule has 0 aromatic carbocycles. The lowest BCUT2D eigenvalue weighted by atomic mass is 10.4. The van der Waals surface area contributed by atoms with Crippen molar-refractivity contribution in [3.63, 3.8) is 0 Å². The molecule has 1 aliphatic heterocycles. The highest BCUT2D eigenvalue weighted by Crippen LogP contribution is 2.23. The predicted molar refractivity (Wildman–Crippen MR) is 32.9 cm³/mol. The summed E-state index contributed by atoms with van der Waals surface area (Å²) in [6.45, 7) is 0.796. The third-order valence-electron chi connectivity index (χ3n) is 0.955. The maximum atomic E-state index is 5.69. The minimum atomic E-state index is 0.0918. The van der Waals surface area contributed by atoms with Crippen molar-refractivity contribution in [3.8, 4) is 0 Å². The SMILES string of the molecule is ClC1CCOC1Br. The van der Waals surface area contributed by atoms with Crippen LogP contribution in [-0.4, -0.2) is 17.0 Å². The molecule has 1 heterocycles. The van der Waals surface area contributed by atoms with Crippen molar-refractivity contribution in [2.24, 2.45) is 0 Å². The van der Waals surface area contributed by atoms with Gasteiger partial charge in [0.1, 0.15) is 5.01 Å². The molecule has 0 aromatic heterocycles. The summed E-state index contributed by atoms with van der Waals surface area (Å²) in [5.41, 5.74) is 0. The van der Waals surface area contributed by atoms with Gasteiger partial charge in [0.05, 0.1) is 5.38 Å². The van der Waals surface area contributed by atoms with E-state index >= 15 is 0 Å². The van der Waals surface area contributed by atoms with E-state index in [0.29, 0.717) is 0 Å². The third-order valence-corrected chi connectivity index (χ3v) is 2.61. The van der Waals surface area contributed by atoms with Crippen LogP contribution in [0.1, 0.15) is 6.42 Å². The summed E-state index contributed by atoms with van der Waals surface area (Å²) in [5, 5.41) is 0.272. The first-order valence-electron chi connectivity index (χ1n) is 2.20. The predicted octanol–water partition coefficient (Wildman–Crippen LogP) is 1.74. The van der Waals surface area contributed by atoms with E-state index in [-0.39, 0.29) is 10.4 Å². The van der Waals surface area contributed by atoms with E-state index < -0.39 is 0 Å². The lowest BCUT2D eigenvalue weighted by Crippen LogP contribution is -2.04. The number of ether oxygens (including phenoxy) is 1. The molecule has 0 spiro atoms. The molecule has 0 aromatic rings. The Morgan fingerprint density at radius 1 is 1.71 bits per heavy atom. The van der Waals surface area contributed by atoms with E-state index in [1.54, 1.807) is 0 Å². The molecule has 1 saturated heterocycles. The van der Waals surface area contributed by atoms with Crippen molar-refractivity contribution in [2.75, 3.05) is 6.61 Å².